The Morgan fingerprint density at radius 3 is 2.42 bits per heavy atom. The Kier molecular flexibility index (Phi) is 4.06. The quantitative estimate of drug-likeness (QED) is 0.824. The Labute approximate surface area is 113 Å². The van der Waals surface area contributed by atoms with E-state index in [2.05, 4.69) is 10.1 Å². The maximum absolute atomic E-state index is 12.0. The van der Waals surface area contributed by atoms with Crippen LogP contribution in [-0.2, 0) is 0 Å². The average Bonchev–Trinajstić information content (AvgIpc) is 2.35. The van der Waals surface area contributed by atoms with Crippen LogP contribution in [0, 0.1) is 0 Å². The average molecular weight is 285 g/mol. The molecule has 0 aliphatic carbocycles. The molecule has 0 aromatic heterocycles. The highest BCUT2D eigenvalue weighted by atomic mass is 35.5. The van der Waals surface area contributed by atoms with E-state index in [1.54, 1.807) is 30.3 Å². The first-order valence-corrected chi connectivity index (χ1v) is 5.79. The molecular formula is C13H11ClF2N2O. The highest BCUT2D eigenvalue weighted by molar-refractivity contribution is 6.31. The van der Waals surface area contributed by atoms with Crippen molar-refractivity contribution in [2.24, 2.45) is 0 Å². The molecule has 3 N–H and O–H groups in total. The summed E-state index contributed by atoms with van der Waals surface area (Å²) >= 11 is 5.87. The molecule has 0 atom stereocenters. The highest BCUT2D eigenvalue weighted by Gasteiger charge is 2.05. The van der Waals surface area contributed by atoms with E-state index in [1.807, 2.05) is 0 Å². The molecule has 2 aromatic rings. The number of hydrogen-bond donors (Lipinski definition) is 2. The molecule has 0 unspecified atom stereocenters. The number of hydrogen-bond acceptors (Lipinski definition) is 3. The molecule has 0 fully saturated rings. The predicted molar refractivity (Wildman–Crippen MR) is 72.2 cm³/mol. The fraction of sp³-hybridized carbons (Fsp3) is 0.0769. The molecule has 0 aliphatic rings. The molecule has 0 aliphatic heterocycles. The van der Waals surface area contributed by atoms with E-state index in [9.17, 15) is 8.78 Å². The molecule has 0 bridgehead atoms. The number of nitrogens with two attached hydrogens (primary N) is 1. The van der Waals surface area contributed by atoms with Crippen LogP contribution < -0.4 is 15.8 Å². The van der Waals surface area contributed by atoms with E-state index in [1.165, 1.54) is 12.1 Å². The zero-order valence-electron chi connectivity index (χ0n) is 9.74. The number of alkyl halides is 2. The molecule has 0 radical (unpaired) electrons. The van der Waals surface area contributed by atoms with Gasteiger partial charge in [0.05, 0.1) is 11.4 Å². The fourth-order valence-corrected chi connectivity index (χ4v) is 1.68. The van der Waals surface area contributed by atoms with Crippen LogP contribution in [-0.4, -0.2) is 6.61 Å². The van der Waals surface area contributed by atoms with Crippen molar-refractivity contribution in [3.8, 4) is 5.75 Å². The Morgan fingerprint density at radius 2 is 1.79 bits per heavy atom. The van der Waals surface area contributed by atoms with Gasteiger partial charge in [0.15, 0.2) is 0 Å². The minimum absolute atomic E-state index is 0.0969. The molecule has 0 saturated heterocycles. The van der Waals surface area contributed by atoms with Crippen molar-refractivity contribution in [2.75, 3.05) is 11.1 Å². The van der Waals surface area contributed by atoms with Gasteiger partial charge in [0.1, 0.15) is 5.75 Å². The number of ether oxygens (including phenoxy) is 1. The normalized spacial score (nSPS) is 10.5. The summed E-state index contributed by atoms with van der Waals surface area (Å²) in [4.78, 5) is 0. The molecule has 2 aromatic carbocycles. The second-order valence-electron chi connectivity index (χ2n) is 3.76. The van der Waals surface area contributed by atoms with E-state index >= 15 is 0 Å². The topological polar surface area (TPSA) is 47.3 Å². The van der Waals surface area contributed by atoms with Crippen LogP contribution in [0.25, 0.3) is 0 Å². The van der Waals surface area contributed by atoms with Crippen molar-refractivity contribution in [3.63, 3.8) is 0 Å². The summed E-state index contributed by atoms with van der Waals surface area (Å²) in [7, 11) is 0. The maximum Gasteiger partial charge on any atom is 0.387 e. The molecule has 0 saturated carbocycles. The fourth-order valence-electron chi connectivity index (χ4n) is 1.51. The summed E-state index contributed by atoms with van der Waals surface area (Å²) in [5.41, 5.74) is 7.67. The predicted octanol–water partition coefficient (Wildman–Crippen LogP) is 4.27. The number of anilines is 3. The van der Waals surface area contributed by atoms with Crippen LogP contribution in [0.4, 0.5) is 25.8 Å². The molecule has 3 nitrogen and oxygen atoms in total. The van der Waals surface area contributed by atoms with E-state index in [0.29, 0.717) is 22.1 Å². The Hall–Kier alpha value is -2.01. The molecule has 2 rings (SSSR count). The third-order valence-electron chi connectivity index (χ3n) is 2.37. The minimum Gasteiger partial charge on any atom is -0.435 e. The zero-order chi connectivity index (χ0) is 13.8. The third kappa shape index (κ3) is 3.72. The van der Waals surface area contributed by atoms with Crippen LogP contribution in [0.5, 0.6) is 5.75 Å². The van der Waals surface area contributed by atoms with Crippen LogP contribution in [0.3, 0.4) is 0 Å². The number of nitrogens with one attached hydrogen (secondary N) is 1. The van der Waals surface area contributed by atoms with Gasteiger partial charge >= 0.3 is 6.61 Å². The van der Waals surface area contributed by atoms with Crippen molar-refractivity contribution in [3.05, 3.63) is 47.5 Å². The van der Waals surface area contributed by atoms with Gasteiger partial charge in [-0.1, -0.05) is 11.6 Å². The first kappa shape index (κ1) is 13.4. The van der Waals surface area contributed by atoms with Gasteiger partial charge in [0, 0.05) is 10.7 Å². The second-order valence-corrected chi connectivity index (χ2v) is 4.20. The Morgan fingerprint density at radius 1 is 1.11 bits per heavy atom. The lowest BCUT2D eigenvalue weighted by atomic mass is 10.2. The summed E-state index contributed by atoms with van der Waals surface area (Å²) in [5, 5.41) is 3.59. The van der Waals surface area contributed by atoms with Crippen molar-refractivity contribution < 1.29 is 13.5 Å². The standard InChI is InChI=1S/C13H11ClF2N2O/c14-8-1-6-11(17)12(7-8)18-9-2-4-10(5-3-9)19-13(15)16/h1-7,13,18H,17H2. The maximum atomic E-state index is 12.0. The van der Waals surface area contributed by atoms with Crippen molar-refractivity contribution in [2.45, 2.75) is 6.61 Å². The molecule has 100 valence electrons. The van der Waals surface area contributed by atoms with Crippen LogP contribution in [0.15, 0.2) is 42.5 Å². The highest BCUT2D eigenvalue weighted by Crippen LogP contribution is 2.27. The van der Waals surface area contributed by atoms with E-state index in [-0.39, 0.29) is 5.75 Å². The number of nitrogen functional groups attached to an aromatic ring is 1. The second kappa shape index (κ2) is 5.75. The van der Waals surface area contributed by atoms with Gasteiger partial charge in [0.2, 0.25) is 0 Å². The summed E-state index contributed by atoms with van der Waals surface area (Å²) in [6, 6.07) is 11.1. The van der Waals surface area contributed by atoms with Gasteiger partial charge in [-0.15, -0.1) is 0 Å². The van der Waals surface area contributed by atoms with Crippen molar-refractivity contribution >= 4 is 28.7 Å². The number of halogens is 3. The van der Waals surface area contributed by atoms with E-state index in [4.69, 9.17) is 17.3 Å². The van der Waals surface area contributed by atoms with Gasteiger partial charge in [-0.25, -0.2) is 0 Å². The van der Waals surface area contributed by atoms with Gasteiger partial charge in [-0.2, -0.15) is 8.78 Å². The SMILES string of the molecule is Nc1ccc(Cl)cc1Nc1ccc(OC(F)F)cc1. The first-order chi connectivity index (χ1) is 9.04. The summed E-state index contributed by atoms with van der Waals surface area (Å²) < 4.78 is 28.2. The lowest BCUT2D eigenvalue weighted by Gasteiger charge is -2.10. The summed E-state index contributed by atoms with van der Waals surface area (Å²) in [6.45, 7) is -2.83. The van der Waals surface area contributed by atoms with Gasteiger partial charge in [-0.05, 0) is 42.5 Å². The lowest BCUT2D eigenvalue weighted by Crippen LogP contribution is -2.01. The van der Waals surface area contributed by atoms with Gasteiger partial charge in [0.25, 0.3) is 0 Å². The molecule has 0 amide bonds. The lowest BCUT2D eigenvalue weighted by molar-refractivity contribution is -0.0498. The molecular weight excluding hydrogens is 274 g/mol. The summed E-state index contributed by atoms with van der Waals surface area (Å²) in [6.07, 6.45) is 0. The number of rotatable bonds is 4. The van der Waals surface area contributed by atoms with Crippen molar-refractivity contribution in [1.29, 1.82) is 0 Å². The molecule has 0 heterocycles. The smallest absolute Gasteiger partial charge is 0.387 e. The zero-order valence-corrected chi connectivity index (χ0v) is 10.5. The van der Waals surface area contributed by atoms with Gasteiger partial charge < -0.3 is 15.8 Å². The monoisotopic (exact) mass is 284 g/mol. The van der Waals surface area contributed by atoms with Gasteiger partial charge in [-0.3, -0.25) is 0 Å². The number of benzene rings is 2. The first-order valence-electron chi connectivity index (χ1n) is 5.41. The third-order valence-corrected chi connectivity index (χ3v) is 2.61. The molecule has 19 heavy (non-hydrogen) atoms. The molecule has 0 spiro atoms. The Balaban J connectivity index is 2.13. The van der Waals surface area contributed by atoms with Crippen LogP contribution in [0.1, 0.15) is 0 Å². The van der Waals surface area contributed by atoms with Crippen LogP contribution in [0.2, 0.25) is 5.02 Å². The van der Waals surface area contributed by atoms with Crippen molar-refractivity contribution in [1.82, 2.24) is 0 Å². The minimum atomic E-state index is -2.83. The Bertz CT molecular complexity index is 561. The van der Waals surface area contributed by atoms with Crippen LogP contribution >= 0.6 is 11.6 Å². The molecule has 6 heteroatoms. The summed E-state index contributed by atoms with van der Waals surface area (Å²) in [5.74, 6) is 0.0969. The van der Waals surface area contributed by atoms with E-state index < -0.39 is 6.61 Å². The van der Waals surface area contributed by atoms with E-state index in [0.717, 1.165) is 0 Å². The largest absolute Gasteiger partial charge is 0.435 e.